The van der Waals surface area contributed by atoms with Gasteiger partial charge in [0, 0.05) is 22.5 Å². The molecule has 0 aliphatic heterocycles. The molecule has 0 aliphatic carbocycles. The number of carboxylic acids is 1. The predicted octanol–water partition coefficient (Wildman–Crippen LogP) is 4.38. The molecule has 0 amide bonds. The van der Waals surface area contributed by atoms with Gasteiger partial charge in [-0.1, -0.05) is 41.0 Å². The van der Waals surface area contributed by atoms with Crippen molar-refractivity contribution < 1.29 is 14.6 Å². The number of nitrogens with one attached hydrogen (secondary N) is 1. The first-order valence-corrected chi connectivity index (χ1v) is 8.82. The molecule has 2 atom stereocenters. The Labute approximate surface area is 162 Å². The number of halogens is 1. The van der Waals surface area contributed by atoms with Gasteiger partial charge >= 0.3 is 5.97 Å². The first-order valence-electron chi connectivity index (χ1n) is 8.44. The molecule has 2 rings (SSSR count). The summed E-state index contributed by atoms with van der Waals surface area (Å²) in [6, 6.07) is 14.4. The molecule has 0 aromatic heterocycles. The van der Waals surface area contributed by atoms with E-state index in [0.717, 1.165) is 17.5 Å². The molecule has 0 bridgehead atoms. The summed E-state index contributed by atoms with van der Waals surface area (Å²) in [6.07, 6.45) is 0.762. The molecular weight excluding hydrogens is 368 g/mol. The average Bonchev–Trinajstić information content (AvgIpc) is 2.64. The van der Waals surface area contributed by atoms with E-state index in [0.29, 0.717) is 17.3 Å². The third-order valence-corrected chi connectivity index (χ3v) is 4.15. The van der Waals surface area contributed by atoms with E-state index in [1.54, 1.807) is 24.3 Å². The maximum Gasteiger partial charge on any atom is 0.341 e. The van der Waals surface area contributed by atoms with Gasteiger partial charge in [-0.25, -0.2) is 4.79 Å². The van der Waals surface area contributed by atoms with Gasteiger partial charge < -0.3 is 15.2 Å². The minimum Gasteiger partial charge on any atom is -0.482 e. The van der Waals surface area contributed by atoms with Crippen molar-refractivity contribution in [2.75, 3.05) is 13.2 Å². The van der Waals surface area contributed by atoms with Crippen LogP contribution in [0.15, 0.2) is 53.6 Å². The molecule has 2 aromatic carbocycles. The fourth-order valence-electron chi connectivity index (χ4n) is 2.61. The summed E-state index contributed by atoms with van der Waals surface area (Å²) in [4.78, 5) is 13.4. The molecule has 8 heteroatoms. The van der Waals surface area contributed by atoms with Gasteiger partial charge in [0.25, 0.3) is 0 Å². The Morgan fingerprint density at radius 3 is 2.70 bits per heavy atom. The van der Waals surface area contributed by atoms with E-state index in [1.807, 2.05) is 31.2 Å². The summed E-state index contributed by atoms with van der Waals surface area (Å²) < 4.78 is 5.12. The minimum absolute atomic E-state index is 0.145. The molecule has 2 unspecified atom stereocenters. The van der Waals surface area contributed by atoms with Crippen molar-refractivity contribution in [2.24, 2.45) is 5.11 Å². The average molecular weight is 389 g/mol. The molecule has 7 nitrogen and oxygen atoms in total. The zero-order valence-corrected chi connectivity index (χ0v) is 15.6. The summed E-state index contributed by atoms with van der Waals surface area (Å²) in [5.74, 6) is -0.489. The number of hydrogen-bond donors (Lipinski definition) is 2. The molecule has 0 heterocycles. The Morgan fingerprint density at radius 2 is 2.07 bits per heavy atom. The summed E-state index contributed by atoms with van der Waals surface area (Å²) in [7, 11) is 0. The van der Waals surface area contributed by atoms with E-state index >= 15 is 0 Å². The molecule has 0 spiro atoms. The second kappa shape index (κ2) is 10.4. The van der Waals surface area contributed by atoms with Crippen LogP contribution in [-0.4, -0.2) is 30.3 Å². The zero-order chi connectivity index (χ0) is 19.6. The van der Waals surface area contributed by atoms with Crippen LogP contribution in [0.25, 0.3) is 10.4 Å². The molecule has 0 saturated carbocycles. The smallest absolute Gasteiger partial charge is 0.341 e. The van der Waals surface area contributed by atoms with E-state index in [9.17, 15) is 4.79 Å². The fourth-order valence-corrected chi connectivity index (χ4v) is 2.81. The minimum atomic E-state index is -1.01. The van der Waals surface area contributed by atoms with Crippen LogP contribution < -0.4 is 10.1 Å². The van der Waals surface area contributed by atoms with Crippen molar-refractivity contribution in [3.63, 3.8) is 0 Å². The van der Waals surface area contributed by atoms with Crippen molar-refractivity contribution in [1.82, 2.24) is 5.32 Å². The fraction of sp³-hybridized carbons (Fsp3) is 0.316. The summed E-state index contributed by atoms with van der Waals surface area (Å²) in [5, 5.41) is 16.4. The first-order chi connectivity index (χ1) is 13.0. The number of nitrogens with zero attached hydrogens (tertiary/aromatic N) is 3. The Morgan fingerprint density at radius 1 is 1.33 bits per heavy atom. The Hall–Kier alpha value is -2.73. The van der Waals surface area contributed by atoms with Gasteiger partial charge in [0.05, 0.1) is 6.04 Å². The molecule has 2 aromatic rings. The number of benzene rings is 2. The maximum absolute atomic E-state index is 10.5. The number of hydrogen-bond acceptors (Lipinski definition) is 4. The molecule has 0 radical (unpaired) electrons. The van der Waals surface area contributed by atoms with Crippen LogP contribution >= 0.6 is 11.6 Å². The lowest BCUT2D eigenvalue weighted by molar-refractivity contribution is -0.139. The van der Waals surface area contributed by atoms with Gasteiger partial charge in [0.2, 0.25) is 0 Å². The second-order valence-corrected chi connectivity index (χ2v) is 6.55. The van der Waals surface area contributed by atoms with Crippen LogP contribution in [0.4, 0.5) is 0 Å². The van der Waals surface area contributed by atoms with Gasteiger partial charge in [0.1, 0.15) is 5.75 Å². The molecule has 0 fully saturated rings. The molecule has 0 aliphatic rings. The van der Waals surface area contributed by atoms with Crippen LogP contribution in [-0.2, 0) is 11.2 Å². The van der Waals surface area contributed by atoms with Crippen LogP contribution in [0.2, 0.25) is 5.02 Å². The van der Waals surface area contributed by atoms with Crippen LogP contribution in [0.1, 0.15) is 24.1 Å². The van der Waals surface area contributed by atoms with E-state index in [1.165, 1.54) is 0 Å². The summed E-state index contributed by atoms with van der Waals surface area (Å²) >= 11 is 6.01. The number of carboxylic acid groups (broad SMARTS) is 1. The lowest BCUT2D eigenvalue weighted by Crippen LogP contribution is -2.31. The molecule has 27 heavy (non-hydrogen) atoms. The summed E-state index contributed by atoms with van der Waals surface area (Å²) in [5.41, 5.74) is 10.8. The number of aliphatic carboxylic acids is 1. The number of ether oxygens (including phenoxy) is 1. The third-order valence-electron chi connectivity index (χ3n) is 3.91. The lowest BCUT2D eigenvalue weighted by atomic mass is 10.0. The largest absolute Gasteiger partial charge is 0.482 e. The van der Waals surface area contributed by atoms with Gasteiger partial charge in [0.15, 0.2) is 6.61 Å². The second-order valence-electron chi connectivity index (χ2n) is 6.12. The van der Waals surface area contributed by atoms with E-state index < -0.39 is 5.97 Å². The van der Waals surface area contributed by atoms with Crippen molar-refractivity contribution in [3.8, 4) is 5.75 Å². The predicted molar refractivity (Wildman–Crippen MR) is 104 cm³/mol. The standard InChI is InChI=1S/C19H21ClN4O3/c1-13(9-14-5-7-17(8-6-14)27-12-19(25)26)22-11-18(23-24-21)15-3-2-4-16(20)10-15/h2-8,10,13,18,22H,9,11-12H2,1H3,(H,25,26). The topological polar surface area (TPSA) is 107 Å². The molecule has 2 N–H and O–H groups in total. The normalized spacial score (nSPS) is 12.7. The van der Waals surface area contributed by atoms with Crippen molar-refractivity contribution >= 4 is 17.6 Å². The van der Waals surface area contributed by atoms with Crippen LogP contribution in [0.3, 0.4) is 0 Å². The van der Waals surface area contributed by atoms with Gasteiger partial charge in [-0.05, 0) is 54.3 Å². The number of carbonyl (C=O) groups is 1. The molecule has 0 saturated heterocycles. The van der Waals surface area contributed by atoms with Crippen LogP contribution in [0, 0.1) is 0 Å². The third kappa shape index (κ3) is 7.19. The van der Waals surface area contributed by atoms with Crippen molar-refractivity contribution in [1.29, 1.82) is 0 Å². The highest BCUT2D eigenvalue weighted by Crippen LogP contribution is 2.21. The van der Waals surface area contributed by atoms with Gasteiger partial charge in [-0.15, -0.1) is 0 Å². The highest BCUT2D eigenvalue weighted by molar-refractivity contribution is 6.30. The van der Waals surface area contributed by atoms with Gasteiger partial charge in [-0.3, -0.25) is 0 Å². The summed E-state index contributed by atoms with van der Waals surface area (Å²) in [6.45, 7) is 2.17. The van der Waals surface area contributed by atoms with Gasteiger partial charge in [-0.2, -0.15) is 0 Å². The Kier molecular flexibility index (Phi) is 7.95. The first kappa shape index (κ1) is 20.6. The zero-order valence-electron chi connectivity index (χ0n) is 14.9. The van der Waals surface area contributed by atoms with E-state index in [-0.39, 0.29) is 18.7 Å². The number of azide groups is 1. The number of rotatable bonds is 10. The Bertz CT molecular complexity index is 807. The van der Waals surface area contributed by atoms with Crippen molar-refractivity contribution in [3.05, 3.63) is 75.1 Å². The molecule has 142 valence electrons. The highest BCUT2D eigenvalue weighted by atomic mass is 35.5. The quantitative estimate of drug-likeness (QED) is 0.357. The Balaban J connectivity index is 1.89. The van der Waals surface area contributed by atoms with E-state index in [4.69, 9.17) is 27.0 Å². The highest BCUT2D eigenvalue weighted by Gasteiger charge is 2.12. The monoisotopic (exact) mass is 388 g/mol. The van der Waals surface area contributed by atoms with Crippen LogP contribution in [0.5, 0.6) is 5.75 Å². The lowest BCUT2D eigenvalue weighted by Gasteiger charge is -2.18. The van der Waals surface area contributed by atoms with Crippen molar-refractivity contribution in [2.45, 2.75) is 25.4 Å². The maximum atomic E-state index is 10.5. The van der Waals surface area contributed by atoms with E-state index in [2.05, 4.69) is 15.3 Å². The SMILES string of the molecule is CC(Cc1ccc(OCC(=O)O)cc1)NCC(N=[N+]=[N-])c1cccc(Cl)c1. The molecular formula is C19H21ClN4O3.